The highest BCUT2D eigenvalue weighted by molar-refractivity contribution is 7.88. The minimum absolute atomic E-state index is 0.0188. The summed E-state index contributed by atoms with van der Waals surface area (Å²) in [5.74, 6) is 0. The predicted octanol–water partition coefficient (Wildman–Crippen LogP) is 2.18. The van der Waals surface area contributed by atoms with Crippen molar-refractivity contribution in [1.29, 1.82) is 0 Å². The lowest BCUT2D eigenvalue weighted by Crippen LogP contribution is -2.36. The molecule has 0 aromatic rings. The number of hydrogen-bond acceptors (Lipinski definition) is 3. The van der Waals surface area contributed by atoms with Gasteiger partial charge in [-0.15, -0.1) is 0 Å². The van der Waals surface area contributed by atoms with E-state index in [0.29, 0.717) is 6.42 Å². The average Bonchev–Trinajstić information content (AvgIpc) is 1.81. The summed E-state index contributed by atoms with van der Waals surface area (Å²) in [5.41, 5.74) is -0.0188. The molecular weight excluding hydrogens is 188 g/mol. The average molecular weight is 208 g/mol. The third-order valence-corrected chi connectivity index (χ3v) is 3.79. The monoisotopic (exact) mass is 208 g/mol. The van der Waals surface area contributed by atoms with Crippen LogP contribution in [0.4, 0.5) is 0 Å². The van der Waals surface area contributed by atoms with Crippen molar-refractivity contribution in [3.05, 3.63) is 0 Å². The second kappa shape index (κ2) is 3.58. The van der Waals surface area contributed by atoms with E-state index in [4.69, 9.17) is 0 Å². The van der Waals surface area contributed by atoms with E-state index in [0.717, 1.165) is 0 Å². The van der Waals surface area contributed by atoms with Gasteiger partial charge >= 0.3 is 0 Å². The van der Waals surface area contributed by atoms with Crippen LogP contribution in [0.15, 0.2) is 0 Å². The Labute approximate surface area is 81.6 Å². The Morgan fingerprint density at radius 3 is 1.69 bits per heavy atom. The van der Waals surface area contributed by atoms with Gasteiger partial charge < -0.3 is 0 Å². The molecule has 0 rings (SSSR count). The second-order valence-electron chi connectivity index (χ2n) is 5.12. The van der Waals surface area contributed by atoms with E-state index < -0.39 is 14.9 Å². The molecule has 0 aromatic heterocycles. The van der Waals surface area contributed by atoms with Crippen LogP contribution in [-0.2, 0) is 14.3 Å². The van der Waals surface area contributed by atoms with Crippen molar-refractivity contribution in [2.75, 3.05) is 7.11 Å². The summed E-state index contributed by atoms with van der Waals surface area (Å²) in [6, 6.07) is 0. The van der Waals surface area contributed by atoms with Gasteiger partial charge in [-0.2, -0.15) is 8.42 Å². The predicted molar refractivity (Wildman–Crippen MR) is 54.1 cm³/mol. The summed E-state index contributed by atoms with van der Waals surface area (Å²) in [6.07, 6.45) is 0.580. The van der Waals surface area contributed by atoms with Gasteiger partial charge in [-0.25, -0.2) is 0 Å². The van der Waals surface area contributed by atoms with E-state index in [2.05, 4.69) is 4.18 Å². The van der Waals surface area contributed by atoms with E-state index in [-0.39, 0.29) is 5.41 Å². The molecule has 0 N–H and O–H groups in total. The van der Waals surface area contributed by atoms with Crippen LogP contribution >= 0.6 is 0 Å². The van der Waals surface area contributed by atoms with Crippen LogP contribution in [-0.4, -0.2) is 20.3 Å². The van der Waals surface area contributed by atoms with Gasteiger partial charge in [0.2, 0.25) is 0 Å². The zero-order chi connectivity index (χ0) is 10.9. The fourth-order valence-corrected chi connectivity index (χ4v) is 2.65. The highest BCUT2D eigenvalue weighted by Gasteiger charge is 2.37. The van der Waals surface area contributed by atoms with Crippen molar-refractivity contribution in [2.45, 2.75) is 45.8 Å². The topological polar surface area (TPSA) is 43.4 Å². The molecule has 80 valence electrons. The minimum atomic E-state index is -3.43. The summed E-state index contributed by atoms with van der Waals surface area (Å²) < 4.78 is 26.7. The molecule has 0 spiro atoms. The lowest BCUT2D eigenvalue weighted by molar-refractivity contribution is 0.300. The van der Waals surface area contributed by atoms with Crippen LogP contribution in [0.25, 0.3) is 0 Å². The van der Waals surface area contributed by atoms with Gasteiger partial charge in [-0.1, -0.05) is 20.8 Å². The molecule has 0 bridgehead atoms. The van der Waals surface area contributed by atoms with Gasteiger partial charge in [0.1, 0.15) is 0 Å². The molecule has 0 aliphatic heterocycles. The van der Waals surface area contributed by atoms with E-state index in [9.17, 15) is 8.42 Å². The maximum Gasteiger partial charge on any atom is 0.272 e. The quantitative estimate of drug-likeness (QED) is 0.668. The molecule has 0 amide bonds. The number of hydrogen-bond donors (Lipinski definition) is 0. The summed E-state index contributed by atoms with van der Waals surface area (Å²) >= 11 is 0. The fraction of sp³-hybridized carbons (Fsp3) is 1.00. The van der Waals surface area contributed by atoms with Gasteiger partial charge in [0.25, 0.3) is 10.1 Å². The molecule has 0 atom stereocenters. The lowest BCUT2D eigenvalue weighted by atomic mass is 9.86. The molecule has 0 saturated carbocycles. The van der Waals surface area contributed by atoms with Crippen LogP contribution in [0.1, 0.15) is 41.0 Å². The summed E-state index contributed by atoms with van der Waals surface area (Å²) in [7, 11) is -2.22. The first kappa shape index (κ1) is 12.9. The normalized spacial score (nSPS) is 14.6. The molecule has 0 aromatic carbocycles. The fourth-order valence-electron chi connectivity index (χ4n) is 1.59. The molecule has 13 heavy (non-hydrogen) atoms. The van der Waals surface area contributed by atoms with Gasteiger partial charge in [0, 0.05) is 0 Å². The summed E-state index contributed by atoms with van der Waals surface area (Å²) in [4.78, 5) is 0. The Hall–Kier alpha value is -0.0900. The molecule has 0 heterocycles. The highest BCUT2D eigenvalue weighted by atomic mass is 32.2. The Morgan fingerprint density at radius 2 is 1.46 bits per heavy atom. The lowest BCUT2D eigenvalue weighted by Gasteiger charge is -2.30. The van der Waals surface area contributed by atoms with Crippen LogP contribution in [0, 0.1) is 5.41 Å². The molecule has 4 heteroatoms. The molecule has 0 saturated heterocycles. The molecule has 0 aliphatic rings. The standard InChI is InChI=1S/C9H20O3S/c1-8(2,3)7-9(4,5)13(10,11)12-6/h7H2,1-6H3. The zero-order valence-corrected chi connectivity index (χ0v) is 10.2. The molecule has 0 aliphatic carbocycles. The first-order valence-electron chi connectivity index (χ1n) is 4.32. The van der Waals surface area contributed by atoms with Crippen LogP contribution in [0.2, 0.25) is 0 Å². The van der Waals surface area contributed by atoms with E-state index in [1.54, 1.807) is 13.8 Å². The summed E-state index contributed by atoms with van der Waals surface area (Å²) in [6.45, 7) is 9.42. The third-order valence-electron chi connectivity index (χ3n) is 1.85. The van der Waals surface area contributed by atoms with Crippen molar-refractivity contribution in [3.63, 3.8) is 0 Å². The largest absolute Gasteiger partial charge is 0.273 e. The van der Waals surface area contributed by atoms with Crippen molar-refractivity contribution in [3.8, 4) is 0 Å². The highest BCUT2D eigenvalue weighted by Crippen LogP contribution is 2.32. The first-order chi connectivity index (χ1) is 5.52. The van der Waals surface area contributed by atoms with Gasteiger partial charge in [-0.3, -0.25) is 4.18 Å². The molecular formula is C9H20O3S. The van der Waals surface area contributed by atoms with Crippen molar-refractivity contribution in [2.24, 2.45) is 5.41 Å². The minimum Gasteiger partial charge on any atom is -0.273 e. The number of rotatable bonds is 3. The Balaban J connectivity index is 4.80. The van der Waals surface area contributed by atoms with Gasteiger partial charge in [-0.05, 0) is 25.7 Å². The van der Waals surface area contributed by atoms with Crippen LogP contribution < -0.4 is 0 Å². The maximum atomic E-state index is 11.5. The molecule has 0 radical (unpaired) electrons. The van der Waals surface area contributed by atoms with Gasteiger partial charge in [0.15, 0.2) is 0 Å². The summed E-state index contributed by atoms with van der Waals surface area (Å²) in [5, 5.41) is 0. The molecule has 0 fully saturated rings. The molecule has 0 unspecified atom stereocenters. The van der Waals surface area contributed by atoms with Gasteiger partial charge in [0.05, 0.1) is 11.9 Å². The third kappa shape index (κ3) is 3.65. The first-order valence-corrected chi connectivity index (χ1v) is 5.73. The Morgan fingerprint density at radius 1 is 1.08 bits per heavy atom. The van der Waals surface area contributed by atoms with E-state index in [1.165, 1.54) is 7.11 Å². The van der Waals surface area contributed by atoms with Crippen LogP contribution in [0.3, 0.4) is 0 Å². The Kier molecular flexibility index (Phi) is 3.55. The van der Waals surface area contributed by atoms with Crippen molar-refractivity contribution in [1.82, 2.24) is 0 Å². The molecule has 3 nitrogen and oxygen atoms in total. The Bertz CT molecular complexity index is 257. The SMILES string of the molecule is COS(=O)(=O)C(C)(C)CC(C)(C)C. The van der Waals surface area contributed by atoms with E-state index in [1.807, 2.05) is 20.8 Å². The van der Waals surface area contributed by atoms with Crippen LogP contribution in [0.5, 0.6) is 0 Å². The zero-order valence-electron chi connectivity index (χ0n) is 9.34. The van der Waals surface area contributed by atoms with Crippen molar-refractivity contribution < 1.29 is 12.6 Å². The smallest absolute Gasteiger partial charge is 0.272 e. The van der Waals surface area contributed by atoms with Crippen molar-refractivity contribution >= 4 is 10.1 Å². The van der Waals surface area contributed by atoms with E-state index >= 15 is 0 Å². The second-order valence-corrected chi connectivity index (χ2v) is 7.46. The maximum absolute atomic E-state index is 11.5.